The van der Waals surface area contributed by atoms with Crippen LogP contribution >= 0.6 is 0 Å². The number of aromatic nitrogens is 1. The van der Waals surface area contributed by atoms with E-state index in [-0.39, 0.29) is 12.0 Å². The number of anilines is 1. The molecule has 0 saturated carbocycles. The summed E-state index contributed by atoms with van der Waals surface area (Å²) in [5, 5.41) is 9.41. The highest BCUT2D eigenvalue weighted by Gasteiger charge is 2.18. The highest BCUT2D eigenvalue weighted by Crippen LogP contribution is 2.24. The van der Waals surface area contributed by atoms with Gasteiger partial charge in [-0.25, -0.2) is 4.98 Å². The molecular formula is C16H28N2O. The van der Waals surface area contributed by atoms with Gasteiger partial charge in [0, 0.05) is 24.7 Å². The first-order valence-electron chi connectivity index (χ1n) is 7.07. The Morgan fingerprint density at radius 2 is 1.89 bits per heavy atom. The lowest BCUT2D eigenvalue weighted by molar-refractivity contribution is 0.281. The Labute approximate surface area is 117 Å². The second-order valence-corrected chi connectivity index (χ2v) is 6.73. The van der Waals surface area contributed by atoms with Crippen molar-refractivity contribution in [3.63, 3.8) is 0 Å². The van der Waals surface area contributed by atoms with Crippen molar-refractivity contribution in [3.05, 3.63) is 23.4 Å². The molecule has 0 aliphatic heterocycles. The summed E-state index contributed by atoms with van der Waals surface area (Å²) < 4.78 is 0. The molecule has 0 bridgehead atoms. The number of aliphatic hydroxyl groups is 1. The largest absolute Gasteiger partial charge is 0.392 e. The van der Waals surface area contributed by atoms with Crippen LogP contribution in [0.4, 0.5) is 5.82 Å². The third-order valence-corrected chi connectivity index (χ3v) is 3.26. The summed E-state index contributed by atoms with van der Waals surface area (Å²) in [6.07, 6.45) is 1.15. The first-order valence-corrected chi connectivity index (χ1v) is 7.07. The zero-order chi connectivity index (χ0) is 14.6. The zero-order valence-corrected chi connectivity index (χ0v) is 13.2. The Morgan fingerprint density at radius 1 is 1.26 bits per heavy atom. The molecule has 3 heteroatoms. The van der Waals surface area contributed by atoms with E-state index in [9.17, 15) is 5.11 Å². The molecule has 0 saturated heterocycles. The van der Waals surface area contributed by atoms with Gasteiger partial charge in [0.15, 0.2) is 0 Å². The van der Waals surface area contributed by atoms with Crippen LogP contribution in [-0.4, -0.2) is 23.7 Å². The van der Waals surface area contributed by atoms with E-state index in [0.717, 1.165) is 30.0 Å². The van der Waals surface area contributed by atoms with Crippen LogP contribution in [0.15, 0.2) is 12.1 Å². The molecule has 3 nitrogen and oxygen atoms in total. The quantitative estimate of drug-likeness (QED) is 0.886. The summed E-state index contributed by atoms with van der Waals surface area (Å²) in [7, 11) is 2.07. The second kappa shape index (κ2) is 6.38. The Hall–Kier alpha value is -1.09. The van der Waals surface area contributed by atoms with Gasteiger partial charge in [-0.05, 0) is 30.0 Å². The molecule has 1 heterocycles. The molecule has 0 atom stereocenters. The zero-order valence-electron chi connectivity index (χ0n) is 13.2. The maximum Gasteiger partial charge on any atom is 0.128 e. The van der Waals surface area contributed by atoms with Gasteiger partial charge in [-0.15, -0.1) is 0 Å². The van der Waals surface area contributed by atoms with Gasteiger partial charge in [-0.3, -0.25) is 0 Å². The fourth-order valence-corrected chi connectivity index (χ4v) is 1.81. The predicted octanol–water partition coefficient (Wildman–Crippen LogP) is 3.35. The molecule has 1 aromatic rings. The van der Waals surface area contributed by atoms with Crippen molar-refractivity contribution in [1.82, 2.24) is 4.98 Å². The van der Waals surface area contributed by atoms with Crippen LogP contribution in [0.25, 0.3) is 0 Å². The Morgan fingerprint density at radius 3 is 2.37 bits per heavy atom. The molecule has 0 aliphatic carbocycles. The van der Waals surface area contributed by atoms with Crippen molar-refractivity contribution < 1.29 is 5.11 Å². The highest BCUT2D eigenvalue weighted by atomic mass is 16.3. The average Bonchev–Trinajstić information content (AvgIpc) is 2.34. The summed E-state index contributed by atoms with van der Waals surface area (Å²) in [4.78, 5) is 6.92. The minimum Gasteiger partial charge on any atom is -0.392 e. The maximum absolute atomic E-state index is 9.41. The molecule has 0 unspecified atom stereocenters. The molecule has 1 rings (SSSR count). The highest BCUT2D eigenvalue weighted by molar-refractivity contribution is 5.43. The maximum atomic E-state index is 9.41. The van der Waals surface area contributed by atoms with Crippen LogP contribution in [0, 0.1) is 5.92 Å². The first kappa shape index (κ1) is 16.0. The third kappa shape index (κ3) is 4.83. The van der Waals surface area contributed by atoms with Crippen LogP contribution in [-0.2, 0) is 12.0 Å². The summed E-state index contributed by atoms with van der Waals surface area (Å²) >= 11 is 0. The molecule has 0 fully saturated rings. The third-order valence-electron chi connectivity index (χ3n) is 3.26. The molecule has 0 radical (unpaired) electrons. The van der Waals surface area contributed by atoms with E-state index in [1.165, 1.54) is 0 Å². The number of nitrogens with zero attached hydrogens (tertiary/aromatic N) is 2. The number of aliphatic hydroxyl groups excluding tert-OH is 1. The van der Waals surface area contributed by atoms with Gasteiger partial charge < -0.3 is 10.0 Å². The van der Waals surface area contributed by atoms with E-state index in [0.29, 0.717) is 5.92 Å². The van der Waals surface area contributed by atoms with Crippen LogP contribution in [0.2, 0.25) is 0 Å². The topological polar surface area (TPSA) is 36.4 Å². The Bertz CT molecular complexity index is 408. The van der Waals surface area contributed by atoms with E-state index >= 15 is 0 Å². The molecule has 0 amide bonds. The SMILES string of the molecule is CC(C)CCN(C)c1cc(CO)cc(C(C)(C)C)n1. The van der Waals surface area contributed by atoms with Crippen molar-refractivity contribution in [2.45, 2.75) is 53.1 Å². The van der Waals surface area contributed by atoms with Crippen molar-refractivity contribution in [2.24, 2.45) is 5.92 Å². The summed E-state index contributed by atoms with van der Waals surface area (Å²) in [6, 6.07) is 3.98. The van der Waals surface area contributed by atoms with E-state index in [2.05, 4.69) is 46.6 Å². The molecule has 108 valence electrons. The van der Waals surface area contributed by atoms with E-state index < -0.39 is 0 Å². The number of rotatable bonds is 5. The molecule has 1 aromatic heterocycles. The minimum absolute atomic E-state index is 0.00117. The first-order chi connectivity index (χ1) is 8.74. The van der Waals surface area contributed by atoms with Crippen molar-refractivity contribution >= 4 is 5.82 Å². The average molecular weight is 264 g/mol. The number of hydrogen-bond acceptors (Lipinski definition) is 3. The van der Waals surface area contributed by atoms with Gasteiger partial charge in [0.2, 0.25) is 0 Å². The summed E-state index contributed by atoms with van der Waals surface area (Å²) in [6.45, 7) is 12.0. The van der Waals surface area contributed by atoms with Gasteiger partial charge in [0.1, 0.15) is 5.82 Å². The van der Waals surface area contributed by atoms with Crippen molar-refractivity contribution in [3.8, 4) is 0 Å². The van der Waals surface area contributed by atoms with Crippen LogP contribution in [0.3, 0.4) is 0 Å². The normalized spacial score (nSPS) is 12.0. The molecule has 0 aromatic carbocycles. The van der Waals surface area contributed by atoms with Gasteiger partial charge in [0.05, 0.1) is 6.61 Å². The van der Waals surface area contributed by atoms with Gasteiger partial charge in [-0.1, -0.05) is 34.6 Å². The molecular weight excluding hydrogens is 236 g/mol. The lowest BCUT2D eigenvalue weighted by atomic mass is 9.91. The summed E-state index contributed by atoms with van der Waals surface area (Å²) in [5.74, 6) is 1.64. The van der Waals surface area contributed by atoms with E-state index in [1.54, 1.807) is 0 Å². The lowest BCUT2D eigenvalue weighted by Crippen LogP contribution is -2.23. The van der Waals surface area contributed by atoms with E-state index in [1.807, 2.05) is 12.1 Å². The fraction of sp³-hybridized carbons (Fsp3) is 0.688. The Kier molecular flexibility index (Phi) is 5.36. The van der Waals surface area contributed by atoms with Crippen LogP contribution < -0.4 is 4.90 Å². The van der Waals surface area contributed by atoms with Gasteiger partial charge >= 0.3 is 0 Å². The van der Waals surface area contributed by atoms with Crippen molar-refractivity contribution in [1.29, 1.82) is 0 Å². The monoisotopic (exact) mass is 264 g/mol. The Balaban J connectivity index is 2.99. The van der Waals surface area contributed by atoms with Crippen LogP contribution in [0.1, 0.15) is 52.3 Å². The lowest BCUT2D eigenvalue weighted by Gasteiger charge is -2.24. The molecule has 0 aliphatic rings. The molecule has 1 N–H and O–H groups in total. The van der Waals surface area contributed by atoms with Crippen LogP contribution in [0.5, 0.6) is 0 Å². The fourth-order valence-electron chi connectivity index (χ4n) is 1.81. The smallest absolute Gasteiger partial charge is 0.128 e. The van der Waals surface area contributed by atoms with Crippen molar-refractivity contribution in [2.75, 3.05) is 18.5 Å². The minimum atomic E-state index is -0.00117. The van der Waals surface area contributed by atoms with Gasteiger partial charge in [-0.2, -0.15) is 0 Å². The predicted molar refractivity (Wildman–Crippen MR) is 81.6 cm³/mol. The molecule has 19 heavy (non-hydrogen) atoms. The number of hydrogen-bond donors (Lipinski definition) is 1. The summed E-state index contributed by atoms with van der Waals surface area (Å²) in [5.41, 5.74) is 1.97. The standard InChI is InChI=1S/C16H28N2O/c1-12(2)7-8-18(6)15-10-13(11-19)9-14(17-15)16(3,4)5/h9-10,12,19H,7-8,11H2,1-6H3. The van der Waals surface area contributed by atoms with E-state index in [4.69, 9.17) is 4.98 Å². The second-order valence-electron chi connectivity index (χ2n) is 6.73. The number of pyridine rings is 1. The van der Waals surface area contributed by atoms with Gasteiger partial charge in [0.25, 0.3) is 0 Å². The molecule has 0 spiro atoms.